The fraction of sp³-hybridized carbons (Fsp3) is 0.429. The van der Waals surface area contributed by atoms with Gasteiger partial charge >= 0.3 is 5.91 Å². The fourth-order valence-electron chi connectivity index (χ4n) is 2.39. The highest BCUT2D eigenvalue weighted by Gasteiger charge is 2.24. The zero-order chi connectivity index (χ0) is 18.7. The first-order chi connectivity index (χ1) is 12.0. The Kier molecular flexibility index (Phi) is 9.30. The van der Waals surface area contributed by atoms with Gasteiger partial charge in [-0.25, -0.2) is 4.58 Å². The molecule has 25 heavy (non-hydrogen) atoms. The number of carbonyl (C=O) groups excluding carboxylic acids is 1. The summed E-state index contributed by atoms with van der Waals surface area (Å²) in [5.41, 5.74) is 1.33. The normalized spacial score (nSPS) is 12.1. The van der Waals surface area contributed by atoms with E-state index < -0.39 is 0 Å². The molecule has 0 saturated heterocycles. The molecular formula is C21H30N2O2. The standard InChI is InChI=1S/C21H30N2O2/c1-5-7-16-22(3)20(19(24)6-2)21(25)23(4)17-12-11-15-18-13-9-8-10-14-18/h8-11,13-15H,3,5-7,12,16-17H2,1-2,4H3/b15-11-. The van der Waals surface area contributed by atoms with Crippen LogP contribution in [0.2, 0.25) is 0 Å². The first-order valence-corrected chi connectivity index (χ1v) is 8.96. The number of nitrogens with zero attached hydrogens (tertiary/aromatic N) is 2. The van der Waals surface area contributed by atoms with E-state index in [1.54, 1.807) is 23.4 Å². The minimum Gasteiger partial charge on any atom is -0.871 e. The van der Waals surface area contributed by atoms with Crippen LogP contribution in [-0.4, -0.2) is 42.2 Å². The maximum Gasteiger partial charge on any atom is 0.317 e. The molecule has 0 heterocycles. The van der Waals surface area contributed by atoms with Gasteiger partial charge in [-0.05, 0) is 18.4 Å². The number of rotatable bonds is 10. The second-order valence-electron chi connectivity index (χ2n) is 6.07. The molecule has 0 aliphatic carbocycles. The highest BCUT2D eigenvalue weighted by molar-refractivity contribution is 5.91. The van der Waals surface area contributed by atoms with Gasteiger partial charge in [0, 0.05) is 20.0 Å². The average molecular weight is 342 g/mol. The zero-order valence-electron chi connectivity index (χ0n) is 15.7. The van der Waals surface area contributed by atoms with Crippen molar-refractivity contribution < 1.29 is 14.5 Å². The van der Waals surface area contributed by atoms with Gasteiger partial charge in [-0.15, -0.1) is 0 Å². The summed E-state index contributed by atoms with van der Waals surface area (Å²) in [7, 11) is 1.73. The summed E-state index contributed by atoms with van der Waals surface area (Å²) in [6, 6.07) is 10.0. The number of hydrogen-bond donors (Lipinski definition) is 0. The van der Waals surface area contributed by atoms with Crippen molar-refractivity contribution >= 4 is 18.7 Å². The van der Waals surface area contributed by atoms with Crippen molar-refractivity contribution in [3.63, 3.8) is 0 Å². The summed E-state index contributed by atoms with van der Waals surface area (Å²) in [5.74, 6) is -0.395. The second-order valence-corrected chi connectivity index (χ2v) is 6.07. The molecule has 1 aromatic rings. The molecule has 0 N–H and O–H groups in total. The van der Waals surface area contributed by atoms with Crippen molar-refractivity contribution in [2.24, 2.45) is 0 Å². The molecule has 0 fully saturated rings. The first-order valence-electron chi connectivity index (χ1n) is 8.96. The van der Waals surface area contributed by atoms with Crippen molar-refractivity contribution in [2.45, 2.75) is 39.5 Å². The van der Waals surface area contributed by atoms with Crippen molar-refractivity contribution in [1.82, 2.24) is 4.90 Å². The molecule has 0 spiro atoms. The van der Waals surface area contributed by atoms with Gasteiger partial charge in [-0.2, -0.15) is 0 Å². The molecule has 0 saturated carbocycles. The third-order valence-electron chi connectivity index (χ3n) is 3.97. The van der Waals surface area contributed by atoms with E-state index in [0.29, 0.717) is 19.5 Å². The zero-order valence-corrected chi connectivity index (χ0v) is 15.7. The van der Waals surface area contributed by atoms with Crippen molar-refractivity contribution in [3.05, 3.63) is 53.4 Å². The van der Waals surface area contributed by atoms with E-state index in [2.05, 4.69) is 13.6 Å². The minimum absolute atomic E-state index is 0.150. The van der Waals surface area contributed by atoms with Gasteiger partial charge in [-0.3, -0.25) is 4.79 Å². The number of carbonyl (C=O) groups is 1. The maximum absolute atomic E-state index is 12.7. The third-order valence-corrected chi connectivity index (χ3v) is 3.97. The Morgan fingerprint density at radius 3 is 2.56 bits per heavy atom. The molecule has 4 nitrogen and oxygen atoms in total. The highest BCUT2D eigenvalue weighted by Crippen LogP contribution is 2.10. The Balaban J connectivity index is 2.67. The van der Waals surface area contributed by atoms with Gasteiger partial charge in [0.25, 0.3) is 5.70 Å². The van der Waals surface area contributed by atoms with Crippen LogP contribution in [0.3, 0.4) is 0 Å². The predicted molar refractivity (Wildman–Crippen MR) is 102 cm³/mol. The van der Waals surface area contributed by atoms with E-state index >= 15 is 0 Å². The van der Waals surface area contributed by atoms with Crippen molar-refractivity contribution in [2.75, 3.05) is 20.1 Å². The number of unbranched alkanes of at least 4 members (excludes halogenated alkanes) is 1. The molecule has 1 aromatic carbocycles. The van der Waals surface area contributed by atoms with Crippen molar-refractivity contribution in [3.8, 4) is 0 Å². The molecule has 1 amide bonds. The van der Waals surface area contributed by atoms with Crippen molar-refractivity contribution in [1.29, 1.82) is 0 Å². The summed E-state index contributed by atoms with van der Waals surface area (Å²) in [6.07, 6.45) is 7.01. The quantitative estimate of drug-likeness (QED) is 0.284. The van der Waals surface area contributed by atoms with Crippen LogP contribution < -0.4 is 5.11 Å². The maximum atomic E-state index is 12.7. The minimum atomic E-state index is -0.244. The Morgan fingerprint density at radius 1 is 1.28 bits per heavy atom. The topological polar surface area (TPSA) is 46.4 Å². The smallest absolute Gasteiger partial charge is 0.317 e. The molecule has 1 rings (SSSR count). The lowest BCUT2D eigenvalue weighted by atomic mass is 10.2. The van der Waals surface area contributed by atoms with Gasteiger partial charge in [0.15, 0.2) is 0 Å². The van der Waals surface area contributed by atoms with Gasteiger partial charge in [0.2, 0.25) is 0 Å². The van der Waals surface area contributed by atoms with Crippen LogP contribution in [-0.2, 0) is 4.79 Å². The summed E-state index contributed by atoms with van der Waals surface area (Å²) >= 11 is 0. The van der Waals surface area contributed by atoms with Crippen LogP contribution >= 0.6 is 0 Å². The molecule has 0 aliphatic rings. The van der Waals surface area contributed by atoms with E-state index in [9.17, 15) is 9.90 Å². The Bertz CT molecular complexity index is 618. The molecule has 4 heteroatoms. The van der Waals surface area contributed by atoms with E-state index in [1.165, 1.54) is 0 Å². The number of likely N-dealkylation sites (N-methyl/N-ethyl adjacent to an activating group) is 1. The first kappa shape index (κ1) is 20.7. The van der Waals surface area contributed by atoms with Crippen LogP contribution in [0.15, 0.2) is 47.9 Å². The Morgan fingerprint density at radius 2 is 1.96 bits per heavy atom. The van der Waals surface area contributed by atoms with Crippen LogP contribution in [0, 0.1) is 0 Å². The number of hydrogen-bond acceptors (Lipinski definition) is 2. The molecule has 0 aliphatic heterocycles. The van der Waals surface area contributed by atoms with Crippen LogP contribution in [0.1, 0.15) is 45.1 Å². The summed E-state index contributed by atoms with van der Waals surface area (Å²) < 4.78 is 1.56. The molecule has 0 atom stereocenters. The molecule has 136 valence electrons. The average Bonchev–Trinajstić information content (AvgIpc) is 2.63. The van der Waals surface area contributed by atoms with Gasteiger partial charge in [0.05, 0.1) is 0 Å². The van der Waals surface area contributed by atoms with E-state index in [-0.39, 0.29) is 17.4 Å². The second kappa shape index (κ2) is 11.2. The highest BCUT2D eigenvalue weighted by atomic mass is 16.3. The van der Waals surface area contributed by atoms with Gasteiger partial charge in [0.1, 0.15) is 13.3 Å². The lowest BCUT2D eigenvalue weighted by Crippen LogP contribution is -2.35. The molecule has 0 radical (unpaired) electrons. The van der Waals surface area contributed by atoms with Gasteiger partial charge < -0.3 is 10.0 Å². The monoisotopic (exact) mass is 342 g/mol. The van der Waals surface area contributed by atoms with E-state index in [4.69, 9.17) is 0 Å². The number of benzene rings is 1. The van der Waals surface area contributed by atoms with Crippen LogP contribution in [0.5, 0.6) is 0 Å². The van der Waals surface area contributed by atoms with Crippen LogP contribution in [0.25, 0.3) is 6.08 Å². The largest absolute Gasteiger partial charge is 0.871 e. The molecular weight excluding hydrogens is 312 g/mol. The van der Waals surface area contributed by atoms with Crippen LogP contribution in [0.4, 0.5) is 0 Å². The molecule has 0 unspecified atom stereocenters. The lowest BCUT2D eigenvalue weighted by Gasteiger charge is -2.20. The molecule has 0 aromatic heterocycles. The SMILES string of the molecule is C=[N+](CCCC)/C(C(=O)N(C)CC/C=C\c1ccccc1)=C(/[O-])CC. The Labute approximate surface area is 151 Å². The Hall–Kier alpha value is -2.36. The van der Waals surface area contributed by atoms with Gasteiger partial charge in [-0.1, -0.05) is 68.5 Å². The number of amides is 1. The van der Waals surface area contributed by atoms with E-state index in [1.807, 2.05) is 42.5 Å². The number of allylic oxidation sites excluding steroid dienone is 1. The molecule has 0 bridgehead atoms. The van der Waals surface area contributed by atoms with E-state index in [0.717, 1.165) is 24.8 Å². The summed E-state index contributed by atoms with van der Waals surface area (Å²) in [4.78, 5) is 14.3. The lowest BCUT2D eigenvalue weighted by molar-refractivity contribution is -0.476. The summed E-state index contributed by atoms with van der Waals surface area (Å²) in [6.45, 7) is 8.92. The predicted octanol–water partition coefficient (Wildman–Crippen LogP) is 3.04. The fourth-order valence-corrected chi connectivity index (χ4v) is 2.39. The third kappa shape index (κ3) is 6.96. The summed E-state index contributed by atoms with van der Waals surface area (Å²) in [5, 5.41) is 12.2.